The molecule has 0 radical (unpaired) electrons. The van der Waals surface area contributed by atoms with E-state index in [2.05, 4.69) is 10.4 Å². The number of anilines is 1. The van der Waals surface area contributed by atoms with E-state index in [4.69, 9.17) is 4.74 Å². The van der Waals surface area contributed by atoms with Crippen LogP contribution in [0.4, 0.5) is 15.8 Å². The van der Waals surface area contributed by atoms with Gasteiger partial charge in [0.2, 0.25) is 5.82 Å². The number of carbonyl (C=O) groups excluding carboxylic acids is 1. The molecule has 178 valence electrons. The van der Waals surface area contributed by atoms with Crippen LogP contribution in [0.1, 0.15) is 23.2 Å². The molecule has 1 atom stereocenters. The molecule has 0 spiro atoms. The summed E-state index contributed by atoms with van der Waals surface area (Å²) in [5.41, 5.74) is -0.0556. The summed E-state index contributed by atoms with van der Waals surface area (Å²) in [5, 5.41) is 18.0. The van der Waals surface area contributed by atoms with E-state index < -0.39 is 22.3 Å². The third kappa shape index (κ3) is 4.41. The van der Waals surface area contributed by atoms with E-state index in [0.717, 1.165) is 25.0 Å². The molecule has 2 aromatic carbocycles. The molecular formula is C24H20FN5O5. The van der Waals surface area contributed by atoms with Gasteiger partial charge in [0.25, 0.3) is 11.5 Å². The van der Waals surface area contributed by atoms with E-state index in [1.165, 1.54) is 10.7 Å². The van der Waals surface area contributed by atoms with Gasteiger partial charge < -0.3 is 14.6 Å². The Kier molecular flexibility index (Phi) is 5.83. The van der Waals surface area contributed by atoms with Crippen LogP contribution in [-0.2, 0) is 11.3 Å². The standard InChI is InChI=1S/C24H20FN5O5/c25-20-9-8-15(11-21(20)30(33)34)26-23(31)18-13-28(12-17-7-4-10-35-17)14-19-22(18)27-29(24(19)32)16-5-2-1-3-6-16/h1-3,5-6,8-9,11,13-14,17H,4,7,10,12H2,(H,26,31)/t17-/m0/s1. The minimum absolute atomic E-state index is 0.0376. The molecule has 1 N–H and O–H groups in total. The molecule has 0 saturated carbocycles. The Labute approximate surface area is 198 Å². The minimum atomic E-state index is -1.01. The predicted octanol–water partition coefficient (Wildman–Crippen LogP) is 3.62. The fraction of sp³-hybridized carbons (Fsp3) is 0.208. The van der Waals surface area contributed by atoms with E-state index in [-0.39, 0.29) is 34.2 Å². The highest BCUT2D eigenvalue weighted by Gasteiger charge is 2.26. The van der Waals surface area contributed by atoms with E-state index in [0.29, 0.717) is 18.8 Å². The molecular weight excluding hydrogens is 457 g/mol. The van der Waals surface area contributed by atoms with Gasteiger partial charge in [0.1, 0.15) is 5.69 Å². The SMILES string of the molecule is O=C(Nc1ccc(F)c([N+](=O)[O-])c1)c1cn(C[C@@H]2CCCO2)cc2c(=O)n(-c3ccccc3)nc1-2. The molecule has 1 fully saturated rings. The first-order valence-electron chi connectivity index (χ1n) is 11.0. The second-order valence-corrected chi connectivity index (χ2v) is 8.20. The van der Waals surface area contributed by atoms with Crippen molar-refractivity contribution in [2.75, 3.05) is 11.9 Å². The number of rotatable bonds is 6. The highest BCUT2D eigenvalue weighted by Crippen LogP contribution is 2.26. The van der Waals surface area contributed by atoms with Gasteiger partial charge in [-0.05, 0) is 37.1 Å². The van der Waals surface area contributed by atoms with Crippen LogP contribution >= 0.6 is 0 Å². The van der Waals surface area contributed by atoms with E-state index in [1.807, 2.05) is 6.07 Å². The van der Waals surface area contributed by atoms with Gasteiger partial charge in [0.15, 0.2) is 0 Å². The van der Waals surface area contributed by atoms with Crippen molar-refractivity contribution < 1.29 is 18.8 Å². The number of para-hydroxylation sites is 1. The highest BCUT2D eigenvalue weighted by atomic mass is 19.1. The van der Waals surface area contributed by atoms with Crippen molar-refractivity contribution in [2.24, 2.45) is 0 Å². The smallest absolute Gasteiger partial charge is 0.306 e. The topological polar surface area (TPSA) is 121 Å². The summed E-state index contributed by atoms with van der Waals surface area (Å²) in [4.78, 5) is 36.7. The first kappa shape index (κ1) is 22.4. The van der Waals surface area contributed by atoms with Crippen molar-refractivity contribution in [2.45, 2.75) is 25.5 Å². The summed E-state index contributed by atoms with van der Waals surface area (Å²) in [6.07, 6.45) is 4.96. The number of pyridine rings is 1. The molecule has 3 heterocycles. The number of benzene rings is 2. The van der Waals surface area contributed by atoms with Crippen molar-refractivity contribution in [3.63, 3.8) is 0 Å². The molecule has 1 saturated heterocycles. The Morgan fingerprint density at radius 2 is 2.03 bits per heavy atom. The lowest BCUT2D eigenvalue weighted by Gasteiger charge is -2.16. The fourth-order valence-corrected chi connectivity index (χ4v) is 4.13. The van der Waals surface area contributed by atoms with Crippen LogP contribution in [-0.4, -0.2) is 37.9 Å². The Balaban J connectivity index is 1.58. The predicted molar refractivity (Wildman–Crippen MR) is 124 cm³/mol. The fourth-order valence-electron chi connectivity index (χ4n) is 4.13. The maximum atomic E-state index is 13.7. The van der Waals surface area contributed by atoms with Crippen LogP contribution in [0.15, 0.2) is 65.7 Å². The number of nitro benzene ring substituents is 1. The van der Waals surface area contributed by atoms with Gasteiger partial charge in [-0.25, -0.2) is 0 Å². The monoisotopic (exact) mass is 477 g/mol. The molecule has 0 bridgehead atoms. The second-order valence-electron chi connectivity index (χ2n) is 8.20. The van der Waals surface area contributed by atoms with Crippen molar-refractivity contribution in [1.82, 2.24) is 14.3 Å². The van der Waals surface area contributed by atoms with E-state index >= 15 is 0 Å². The molecule has 0 aliphatic carbocycles. The van der Waals surface area contributed by atoms with Gasteiger partial charge in [-0.1, -0.05) is 18.2 Å². The average molecular weight is 477 g/mol. The van der Waals surface area contributed by atoms with Crippen LogP contribution in [0.3, 0.4) is 0 Å². The molecule has 5 rings (SSSR count). The summed E-state index contributed by atoms with van der Waals surface area (Å²) >= 11 is 0. The number of amides is 1. The lowest BCUT2D eigenvalue weighted by molar-refractivity contribution is -0.387. The second kappa shape index (κ2) is 9.11. The molecule has 11 heteroatoms. The maximum Gasteiger partial charge on any atom is 0.306 e. The minimum Gasteiger partial charge on any atom is -0.376 e. The van der Waals surface area contributed by atoms with Gasteiger partial charge in [-0.3, -0.25) is 19.7 Å². The number of hydrogen-bond donors (Lipinski definition) is 1. The number of fused-ring (bicyclic) bond motifs is 1. The summed E-state index contributed by atoms with van der Waals surface area (Å²) in [6.45, 7) is 1.09. The number of aromatic nitrogens is 3. The zero-order chi connectivity index (χ0) is 24.5. The molecule has 1 amide bonds. The van der Waals surface area contributed by atoms with Gasteiger partial charge in [-0.15, -0.1) is 0 Å². The van der Waals surface area contributed by atoms with Crippen LogP contribution in [0.2, 0.25) is 0 Å². The Hall–Kier alpha value is -4.38. The van der Waals surface area contributed by atoms with Crippen molar-refractivity contribution in [1.29, 1.82) is 0 Å². The summed E-state index contributed by atoms with van der Waals surface area (Å²) in [7, 11) is 0. The number of hydrogen-bond acceptors (Lipinski definition) is 6. The normalized spacial score (nSPS) is 15.4. The maximum absolute atomic E-state index is 13.7. The quantitative estimate of drug-likeness (QED) is 0.334. The molecule has 0 unspecified atom stereocenters. The largest absolute Gasteiger partial charge is 0.376 e. The number of nitrogens with zero attached hydrogens (tertiary/aromatic N) is 4. The molecule has 10 nitrogen and oxygen atoms in total. The summed E-state index contributed by atoms with van der Waals surface area (Å²) in [5.74, 6) is -1.66. The Morgan fingerprint density at radius 3 is 2.74 bits per heavy atom. The zero-order valence-electron chi connectivity index (χ0n) is 18.4. The average Bonchev–Trinajstić information content (AvgIpc) is 3.48. The number of carbonyl (C=O) groups is 1. The van der Waals surface area contributed by atoms with Gasteiger partial charge in [0, 0.05) is 37.3 Å². The summed E-state index contributed by atoms with van der Waals surface area (Å²) < 4.78 is 22.4. The lowest BCUT2D eigenvalue weighted by atomic mass is 10.1. The van der Waals surface area contributed by atoms with Gasteiger partial charge in [0.05, 0.1) is 27.8 Å². The number of nitrogens with one attached hydrogen (secondary N) is 1. The third-order valence-electron chi connectivity index (χ3n) is 5.81. The summed E-state index contributed by atoms with van der Waals surface area (Å²) in [6, 6.07) is 11.9. The molecule has 3 aliphatic rings. The number of ether oxygens (including phenoxy) is 1. The van der Waals surface area contributed by atoms with E-state index in [9.17, 15) is 24.1 Å². The van der Waals surface area contributed by atoms with Gasteiger partial charge in [-0.2, -0.15) is 14.2 Å². The molecule has 0 aromatic heterocycles. The van der Waals surface area contributed by atoms with Crippen molar-refractivity contribution in [3.8, 4) is 16.9 Å². The zero-order valence-corrected chi connectivity index (χ0v) is 18.4. The van der Waals surface area contributed by atoms with Crippen molar-refractivity contribution in [3.05, 3.63) is 92.8 Å². The molecule has 35 heavy (non-hydrogen) atoms. The molecule has 3 aliphatic heterocycles. The Bertz CT molecular complexity index is 1440. The molecule has 2 aromatic rings. The first-order valence-corrected chi connectivity index (χ1v) is 11.0. The number of halogens is 1. The van der Waals surface area contributed by atoms with Crippen molar-refractivity contribution >= 4 is 17.3 Å². The third-order valence-corrected chi connectivity index (χ3v) is 5.81. The number of nitro groups is 1. The van der Waals surface area contributed by atoms with Crippen LogP contribution in [0.25, 0.3) is 16.9 Å². The van der Waals surface area contributed by atoms with Crippen LogP contribution in [0, 0.1) is 15.9 Å². The van der Waals surface area contributed by atoms with E-state index in [1.54, 1.807) is 41.2 Å². The highest BCUT2D eigenvalue weighted by molar-refractivity contribution is 6.08. The Morgan fingerprint density at radius 1 is 1.23 bits per heavy atom. The van der Waals surface area contributed by atoms with Gasteiger partial charge >= 0.3 is 5.69 Å². The lowest BCUT2D eigenvalue weighted by Crippen LogP contribution is -2.21. The van der Waals surface area contributed by atoms with Crippen LogP contribution < -0.4 is 10.9 Å². The van der Waals surface area contributed by atoms with Crippen LogP contribution in [0.5, 0.6) is 0 Å². The first-order chi connectivity index (χ1) is 16.9.